The second kappa shape index (κ2) is 7.92. The molecule has 0 aliphatic carbocycles. The highest BCUT2D eigenvalue weighted by molar-refractivity contribution is 7.18. The summed E-state index contributed by atoms with van der Waals surface area (Å²) in [5.41, 5.74) is 1.99. The van der Waals surface area contributed by atoms with Gasteiger partial charge in [-0.2, -0.15) is 0 Å². The van der Waals surface area contributed by atoms with Gasteiger partial charge in [-0.15, -0.1) is 11.3 Å². The molecule has 27 heavy (non-hydrogen) atoms. The monoisotopic (exact) mass is 378 g/mol. The van der Waals surface area contributed by atoms with E-state index in [1.807, 2.05) is 41.3 Å². The Hall–Kier alpha value is -2.66. The number of rotatable bonds is 4. The van der Waals surface area contributed by atoms with Gasteiger partial charge in [0, 0.05) is 30.6 Å². The molecule has 0 radical (unpaired) electrons. The lowest BCUT2D eigenvalue weighted by atomic mass is 9.97. The molecular weight excluding hydrogens is 356 g/mol. The van der Waals surface area contributed by atoms with Crippen molar-refractivity contribution in [3.63, 3.8) is 0 Å². The molecule has 1 aliphatic rings. The maximum atomic E-state index is 12.5. The van der Waals surface area contributed by atoms with E-state index in [1.54, 1.807) is 24.5 Å². The maximum absolute atomic E-state index is 12.5. The Morgan fingerprint density at radius 2 is 1.89 bits per heavy atom. The van der Waals surface area contributed by atoms with Gasteiger partial charge in [-0.3, -0.25) is 4.79 Å². The Morgan fingerprint density at radius 1 is 1.15 bits per heavy atom. The number of fused-ring (bicyclic) bond motifs is 1. The highest BCUT2D eigenvalue weighted by Gasteiger charge is 2.25. The summed E-state index contributed by atoms with van der Waals surface area (Å²) in [6.07, 6.45) is 5.42. The van der Waals surface area contributed by atoms with Crippen molar-refractivity contribution in [3.05, 3.63) is 65.2 Å². The fourth-order valence-electron chi connectivity index (χ4n) is 3.48. The normalized spacial score (nSPS) is 15.5. The summed E-state index contributed by atoms with van der Waals surface area (Å²) in [5, 5.41) is 1.20. The summed E-state index contributed by atoms with van der Waals surface area (Å²) in [7, 11) is 1.64. The smallest absolute Gasteiger partial charge is 0.246 e. The lowest BCUT2D eigenvalue weighted by Gasteiger charge is -2.30. The quantitative estimate of drug-likeness (QED) is 0.617. The van der Waals surface area contributed by atoms with Gasteiger partial charge in [0.15, 0.2) is 0 Å². The van der Waals surface area contributed by atoms with Crippen LogP contribution in [0.3, 0.4) is 0 Å². The molecule has 0 spiro atoms. The zero-order valence-corrected chi connectivity index (χ0v) is 16.1. The maximum Gasteiger partial charge on any atom is 0.246 e. The Morgan fingerprint density at radius 3 is 2.67 bits per heavy atom. The molecule has 0 bridgehead atoms. The Bertz CT molecular complexity index is 938. The average molecular weight is 378 g/mol. The molecule has 2 heterocycles. The summed E-state index contributed by atoms with van der Waals surface area (Å²) in [6, 6.07) is 16.0. The Labute approximate surface area is 163 Å². The number of hydrogen-bond acceptors (Lipinski definition) is 4. The van der Waals surface area contributed by atoms with Crippen molar-refractivity contribution in [2.45, 2.75) is 18.8 Å². The number of carbonyl (C=O) groups is 1. The Balaban J connectivity index is 1.38. The number of piperidine rings is 1. The topological polar surface area (TPSA) is 42.4 Å². The number of aromatic nitrogens is 1. The highest BCUT2D eigenvalue weighted by atomic mass is 32.1. The van der Waals surface area contributed by atoms with Crippen molar-refractivity contribution >= 4 is 33.5 Å². The van der Waals surface area contributed by atoms with Crippen LogP contribution in [-0.2, 0) is 4.79 Å². The molecule has 5 heteroatoms. The number of para-hydroxylation sites is 2. The fraction of sp³-hybridized carbons (Fsp3) is 0.273. The van der Waals surface area contributed by atoms with E-state index in [1.165, 1.54) is 9.71 Å². The third-order valence-corrected chi connectivity index (χ3v) is 6.21. The van der Waals surface area contributed by atoms with Gasteiger partial charge in [-0.1, -0.05) is 30.3 Å². The van der Waals surface area contributed by atoms with E-state index < -0.39 is 0 Å². The second-order valence-electron chi connectivity index (χ2n) is 6.69. The zero-order chi connectivity index (χ0) is 18.6. The van der Waals surface area contributed by atoms with Gasteiger partial charge in [0.05, 0.1) is 22.3 Å². The van der Waals surface area contributed by atoms with Crippen LogP contribution in [0, 0.1) is 0 Å². The van der Waals surface area contributed by atoms with E-state index in [9.17, 15) is 4.79 Å². The van der Waals surface area contributed by atoms with E-state index >= 15 is 0 Å². The number of nitrogens with zero attached hydrogens (tertiary/aromatic N) is 2. The SMILES string of the molecule is COc1ccccc1/C=C/C(=O)N1CCC(c2nc3ccccc3s2)CC1. The van der Waals surface area contributed by atoms with Gasteiger partial charge in [0.2, 0.25) is 5.91 Å². The number of carbonyl (C=O) groups excluding carboxylic acids is 1. The van der Waals surface area contributed by atoms with Crippen molar-refractivity contribution < 1.29 is 9.53 Å². The molecule has 1 fully saturated rings. The van der Waals surface area contributed by atoms with Crippen molar-refractivity contribution in [2.75, 3.05) is 20.2 Å². The third-order valence-electron chi connectivity index (χ3n) is 5.01. The number of methoxy groups -OCH3 is 1. The number of thiazole rings is 1. The highest BCUT2D eigenvalue weighted by Crippen LogP contribution is 2.33. The fourth-order valence-corrected chi connectivity index (χ4v) is 4.62. The van der Waals surface area contributed by atoms with Crippen LogP contribution in [0.1, 0.15) is 29.3 Å². The van der Waals surface area contributed by atoms with Crippen LogP contribution >= 0.6 is 11.3 Å². The van der Waals surface area contributed by atoms with E-state index in [0.29, 0.717) is 5.92 Å². The van der Waals surface area contributed by atoms with Crippen LogP contribution in [0.25, 0.3) is 16.3 Å². The molecule has 0 N–H and O–H groups in total. The van der Waals surface area contributed by atoms with Gasteiger partial charge < -0.3 is 9.64 Å². The minimum Gasteiger partial charge on any atom is -0.496 e. The first-order valence-corrected chi connectivity index (χ1v) is 10.0. The van der Waals surface area contributed by atoms with Crippen LogP contribution < -0.4 is 4.74 Å². The average Bonchev–Trinajstić information content (AvgIpc) is 3.16. The molecule has 4 nitrogen and oxygen atoms in total. The number of benzene rings is 2. The molecule has 1 saturated heterocycles. The molecule has 0 unspecified atom stereocenters. The van der Waals surface area contributed by atoms with E-state index in [0.717, 1.165) is 42.8 Å². The largest absolute Gasteiger partial charge is 0.496 e. The predicted octanol–water partition coefficient (Wildman–Crippen LogP) is 4.72. The molecule has 1 amide bonds. The second-order valence-corrected chi connectivity index (χ2v) is 7.76. The van der Waals surface area contributed by atoms with E-state index in [-0.39, 0.29) is 5.91 Å². The predicted molar refractivity (Wildman–Crippen MR) is 110 cm³/mol. The van der Waals surface area contributed by atoms with Crippen molar-refractivity contribution in [1.82, 2.24) is 9.88 Å². The number of hydrogen-bond donors (Lipinski definition) is 0. The first-order chi connectivity index (χ1) is 13.2. The summed E-state index contributed by atoms with van der Waals surface area (Å²) in [4.78, 5) is 19.3. The molecular formula is C22H22N2O2S. The van der Waals surface area contributed by atoms with Gasteiger partial charge in [-0.05, 0) is 37.1 Å². The third kappa shape index (κ3) is 3.88. The number of likely N-dealkylation sites (tertiary alicyclic amines) is 1. The van der Waals surface area contributed by atoms with Crippen LogP contribution in [0.15, 0.2) is 54.6 Å². The van der Waals surface area contributed by atoms with Crippen molar-refractivity contribution in [1.29, 1.82) is 0 Å². The van der Waals surface area contributed by atoms with Gasteiger partial charge in [0.25, 0.3) is 0 Å². The zero-order valence-electron chi connectivity index (χ0n) is 15.3. The van der Waals surface area contributed by atoms with E-state index in [2.05, 4.69) is 18.2 Å². The minimum atomic E-state index is 0.0589. The molecule has 138 valence electrons. The van der Waals surface area contributed by atoms with Crippen LogP contribution in [0.4, 0.5) is 0 Å². The van der Waals surface area contributed by atoms with Crippen molar-refractivity contribution in [3.8, 4) is 5.75 Å². The summed E-state index contributed by atoms with van der Waals surface area (Å²) < 4.78 is 6.57. The Kier molecular flexibility index (Phi) is 5.21. The van der Waals surface area contributed by atoms with Crippen LogP contribution in [0.2, 0.25) is 0 Å². The lowest BCUT2D eigenvalue weighted by Crippen LogP contribution is -2.36. The van der Waals surface area contributed by atoms with Crippen LogP contribution in [0.5, 0.6) is 5.75 Å². The number of ether oxygens (including phenoxy) is 1. The summed E-state index contributed by atoms with van der Waals surface area (Å²) in [6.45, 7) is 1.55. The van der Waals surface area contributed by atoms with Gasteiger partial charge in [-0.25, -0.2) is 4.98 Å². The minimum absolute atomic E-state index is 0.0589. The summed E-state index contributed by atoms with van der Waals surface area (Å²) >= 11 is 1.78. The van der Waals surface area contributed by atoms with Gasteiger partial charge in [0.1, 0.15) is 5.75 Å². The molecule has 4 rings (SSSR count). The standard InChI is InChI=1S/C22H22N2O2S/c1-26-19-8-4-2-6-16(19)10-11-21(25)24-14-12-17(13-15-24)22-23-18-7-3-5-9-20(18)27-22/h2-11,17H,12-15H2,1H3/b11-10+. The van der Waals surface area contributed by atoms with Crippen LogP contribution in [-0.4, -0.2) is 36.0 Å². The first kappa shape index (κ1) is 17.7. The lowest BCUT2D eigenvalue weighted by molar-refractivity contribution is -0.126. The first-order valence-electron chi connectivity index (χ1n) is 9.20. The van der Waals surface area contributed by atoms with Gasteiger partial charge >= 0.3 is 0 Å². The molecule has 0 saturated carbocycles. The molecule has 0 atom stereocenters. The van der Waals surface area contributed by atoms with E-state index in [4.69, 9.17) is 9.72 Å². The van der Waals surface area contributed by atoms with Crippen molar-refractivity contribution in [2.24, 2.45) is 0 Å². The molecule has 1 aromatic heterocycles. The summed E-state index contributed by atoms with van der Waals surface area (Å²) in [5.74, 6) is 1.28. The molecule has 2 aromatic carbocycles. The molecule has 3 aromatic rings. The molecule has 1 aliphatic heterocycles. The number of amides is 1.